The van der Waals surface area contributed by atoms with E-state index >= 15 is 0 Å². The van der Waals surface area contributed by atoms with Gasteiger partial charge < -0.3 is 14.8 Å². The van der Waals surface area contributed by atoms with Gasteiger partial charge in [0.05, 0.1) is 11.6 Å². The summed E-state index contributed by atoms with van der Waals surface area (Å²) in [6.45, 7) is 2.12. The molecular formula is C16H18BrNO2. The molecule has 0 bridgehead atoms. The van der Waals surface area contributed by atoms with Gasteiger partial charge in [0.1, 0.15) is 17.2 Å². The van der Waals surface area contributed by atoms with E-state index in [1.807, 2.05) is 37.4 Å². The second-order valence-corrected chi connectivity index (χ2v) is 5.33. The molecule has 20 heavy (non-hydrogen) atoms. The molecule has 1 unspecified atom stereocenters. The van der Waals surface area contributed by atoms with Gasteiger partial charge in [-0.3, -0.25) is 0 Å². The molecule has 1 N–H and O–H groups in total. The highest BCUT2D eigenvalue weighted by atomic mass is 79.9. The van der Waals surface area contributed by atoms with Crippen LogP contribution in [0.1, 0.15) is 18.5 Å². The van der Waals surface area contributed by atoms with E-state index in [0.29, 0.717) is 6.04 Å². The number of benzene rings is 2. The molecule has 3 nitrogen and oxygen atoms in total. The van der Waals surface area contributed by atoms with Crippen molar-refractivity contribution in [3.63, 3.8) is 0 Å². The average molecular weight is 336 g/mol. The topological polar surface area (TPSA) is 30.5 Å². The summed E-state index contributed by atoms with van der Waals surface area (Å²) >= 11 is 3.48. The van der Waals surface area contributed by atoms with E-state index < -0.39 is 0 Å². The lowest BCUT2D eigenvalue weighted by atomic mass is 10.1. The van der Waals surface area contributed by atoms with Crippen LogP contribution in [0.25, 0.3) is 0 Å². The van der Waals surface area contributed by atoms with Crippen LogP contribution in [0.4, 0.5) is 0 Å². The van der Waals surface area contributed by atoms with E-state index in [-0.39, 0.29) is 0 Å². The van der Waals surface area contributed by atoms with Crippen LogP contribution >= 0.6 is 15.9 Å². The lowest BCUT2D eigenvalue weighted by Gasteiger charge is -2.12. The molecule has 0 aliphatic carbocycles. The standard InChI is InChI=1S/C16H18BrNO2/c1-11(18-2)12-4-6-13(7-5-12)20-16-9-8-14(19-3)10-15(16)17/h4-11,18H,1-3H3. The first kappa shape index (κ1) is 14.9. The Kier molecular flexibility index (Phi) is 5.04. The second-order valence-electron chi connectivity index (χ2n) is 4.48. The Morgan fingerprint density at radius 2 is 1.70 bits per heavy atom. The fourth-order valence-electron chi connectivity index (χ4n) is 1.81. The van der Waals surface area contributed by atoms with Gasteiger partial charge in [0, 0.05) is 6.04 Å². The minimum atomic E-state index is 0.330. The Bertz CT molecular complexity index is 569. The molecule has 0 amide bonds. The summed E-state index contributed by atoms with van der Waals surface area (Å²) < 4.78 is 11.9. The highest BCUT2D eigenvalue weighted by Crippen LogP contribution is 2.33. The van der Waals surface area contributed by atoms with Crippen LogP contribution in [0, 0.1) is 0 Å². The van der Waals surface area contributed by atoms with Crippen molar-refractivity contribution in [1.29, 1.82) is 0 Å². The smallest absolute Gasteiger partial charge is 0.141 e. The van der Waals surface area contributed by atoms with Crippen molar-refractivity contribution >= 4 is 15.9 Å². The van der Waals surface area contributed by atoms with Gasteiger partial charge in [0.15, 0.2) is 0 Å². The van der Waals surface area contributed by atoms with Gasteiger partial charge >= 0.3 is 0 Å². The molecule has 0 aliphatic rings. The molecule has 0 radical (unpaired) electrons. The predicted molar refractivity (Wildman–Crippen MR) is 84.7 cm³/mol. The van der Waals surface area contributed by atoms with Crippen LogP contribution in [-0.2, 0) is 0 Å². The van der Waals surface area contributed by atoms with Crippen molar-refractivity contribution in [3.05, 3.63) is 52.5 Å². The highest BCUT2D eigenvalue weighted by Gasteiger charge is 2.06. The summed E-state index contributed by atoms with van der Waals surface area (Å²) in [7, 11) is 3.59. The maximum Gasteiger partial charge on any atom is 0.141 e. The first-order chi connectivity index (χ1) is 9.63. The summed E-state index contributed by atoms with van der Waals surface area (Å²) in [5, 5.41) is 3.21. The number of methoxy groups -OCH3 is 1. The maximum absolute atomic E-state index is 5.85. The molecule has 0 aliphatic heterocycles. The molecule has 0 fully saturated rings. The van der Waals surface area contributed by atoms with Crippen molar-refractivity contribution in [2.24, 2.45) is 0 Å². The Labute approximate surface area is 128 Å². The number of rotatable bonds is 5. The monoisotopic (exact) mass is 335 g/mol. The third kappa shape index (κ3) is 3.52. The van der Waals surface area contributed by atoms with Crippen LogP contribution < -0.4 is 14.8 Å². The summed E-state index contributed by atoms with van der Waals surface area (Å²) in [5.74, 6) is 2.37. The molecule has 2 rings (SSSR count). The van der Waals surface area contributed by atoms with Crippen LogP contribution in [0.15, 0.2) is 46.9 Å². The lowest BCUT2D eigenvalue weighted by Crippen LogP contribution is -2.11. The van der Waals surface area contributed by atoms with E-state index in [1.54, 1.807) is 7.11 Å². The Morgan fingerprint density at radius 1 is 1.05 bits per heavy atom. The van der Waals surface area contributed by atoms with Crippen molar-refractivity contribution in [1.82, 2.24) is 5.32 Å². The SMILES string of the molecule is CNC(C)c1ccc(Oc2ccc(OC)cc2Br)cc1. The quantitative estimate of drug-likeness (QED) is 0.870. The van der Waals surface area contributed by atoms with Crippen molar-refractivity contribution < 1.29 is 9.47 Å². The molecule has 2 aromatic rings. The second kappa shape index (κ2) is 6.77. The zero-order valence-corrected chi connectivity index (χ0v) is 13.4. The summed E-state index contributed by atoms with van der Waals surface area (Å²) in [4.78, 5) is 0. The van der Waals surface area contributed by atoms with Gasteiger partial charge in [-0.15, -0.1) is 0 Å². The van der Waals surface area contributed by atoms with Gasteiger partial charge in [-0.25, -0.2) is 0 Å². The van der Waals surface area contributed by atoms with Gasteiger partial charge in [-0.1, -0.05) is 12.1 Å². The fraction of sp³-hybridized carbons (Fsp3) is 0.250. The first-order valence-electron chi connectivity index (χ1n) is 6.42. The molecule has 106 valence electrons. The zero-order chi connectivity index (χ0) is 14.5. The Hall–Kier alpha value is -1.52. The van der Waals surface area contributed by atoms with Gasteiger partial charge in [0.2, 0.25) is 0 Å². The number of hydrogen-bond donors (Lipinski definition) is 1. The summed E-state index contributed by atoms with van der Waals surface area (Å²) in [6, 6.07) is 14.0. The third-order valence-electron chi connectivity index (χ3n) is 3.18. The predicted octanol–water partition coefficient (Wildman–Crippen LogP) is 4.53. The molecule has 0 saturated carbocycles. The lowest BCUT2D eigenvalue weighted by molar-refractivity contribution is 0.412. The summed E-state index contributed by atoms with van der Waals surface area (Å²) in [5.41, 5.74) is 1.23. The molecule has 0 heterocycles. The minimum Gasteiger partial charge on any atom is -0.497 e. The zero-order valence-electron chi connectivity index (χ0n) is 11.8. The molecule has 0 spiro atoms. The first-order valence-corrected chi connectivity index (χ1v) is 7.22. The number of hydrogen-bond acceptors (Lipinski definition) is 3. The highest BCUT2D eigenvalue weighted by molar-refractivity contribution is 9.10. The minimum absolute atomic E-state index is 0.330. The molecular weight excluding hydrogens is 318 g/mol. The molecule has 4 heteroatoms. The molecule has 0 aromatic heterocycles. The fourth-order valence-corrected chi connectivity index (χ4v) is 2.25. The Morgan fingerprint density at radius 3 is 2.25 bits per heavy atom. The van der Waals surface area contributed by atoms with Crippen molar-refractivity contribution in [3.8, 4) is 17.2 Å². The Balaban J connectivity index is 2.14. The van der Waals surface area contributed by atoms with Gasteiger partial charge in [-0.2, -0.15) is 0 Å². The van der Waals surface area contributed by atoms with Crippen LogP contribution in [0.5, 0.6) is 17.2 Å². The molecule has 2 aromatic carbocycles. The number of nitrogens with one attached hydrogen (secondary N) is 1. The van der Waals surface area contributed by atoms with Crippen LogP contribution in [0.3, 0.4) is 0 Å². The van der Waals surface area contributed by atoms with Gasteiger partial charge in [-0.05, 0) is 65.8 Å². The molecule has 1 atom stereocenters. The maximum atomic E-state index is 5.85. The normalized spacial score (nSPS) is 12.0. The number of halogens is 1. The van der Waals surface area contributed by atoms with E-state index in [0.717, 1.165) is 21.7 Å². The average Bonchev–Trinajstić information content (AvgIpc) is 2.49. The van der Waals surface area contributed by atoms with Crippen molar-refractivity contribution in [2.45, 2.75) is 13.0 Å². The van der Waals surface area contributed by atoms with Crippen LogP contribution in [-0.4, -0.2) is 14.2 Å². The van der Waals surface area contributed by atoms with E-state index in [4.69, 9.17) is 9.47 Å². The van der Waals surface area contributed by atoms with Crippen molar-refractivity contribution in [2.75, 3.05) is 14.2 Å². The summed E-state index contributed by atoms with van der Waals surface area (Å²) in [6.07, 6.45) is 0. The van der Waals surface area contributed by atoms with Gasteiger partial charge in [0.25, 0.3) is 0 Å². The van der Waals surface area contributed by atoms with E-state index in [2.05, 4.69) is 40.3 Å². The largest absolute Gasteiger partial charge is 0.497 e. The molecule has 0 saturated heterocycles. The number of ether oxygens (including phenoxy) is 2. The van der Waals surface area contributed by atoms with E-state index in [9.17, 15) is 0 Å². The third-order valence-corrected chi connectivity index (χ3v) is 3.80. The van der Waals surface area contributed by atoms with Crippen LogP contribution in [0.2, 0.25) is 0 Å². The van der Waals surface area contributed by atoms with E-state index in [1.165, 1.54) is 5.56 Å².